The first kappa shape index (κ1) is 13.7. The first-order chi connectivity index (χ1) is 7.78. The molecule has 0 aromatic carbocycles. The van der Waals surface area contributed by atoms with Crippen molar-refractivity contribution < 1.29 is 14.3 Å². The Labute approximate surface area is 105 Å². The molecule has 0 fully saturated rings. The Morgan fingerprint density at radius 1 is 1.47 bits per heavy atom. The Hall–Kier alpha value is -1.36. The van der Waals surface area contributed by atoms with Gasteiger partial charge in [-0.25, -0.2) is 5.01 Å². The van der Waals surface area contributed by atoms with E-state index in [1.807, 2.05) is 0 Å². The Kier molecular flexibility index (Phi) is 4.28. The van der Waals surface area contributed by atoms with E-state index in [4.69, 9.17) is 16.3 Å². The highest BCUT2D eigenvalue weighted by molar-refractivity contribution is 6.29. The lowest BCUT2D eigenvalue weighted by atomic mass is 10.2. The third-order valence-corrected chi connectivity index (χ3v) is 1.97. The van der Waals surface area contributed by atoms with Crippen LogP contribution in [0.4, 0.5) is 0 Å². The number of alkyl halides is 1. The van der Waals surface area contributed by atoms with Crippen LogP contribution >= 0.6 is 11.6 Å². The lowest BCUT2D eigenvalue weighted by molar-refractivity contribution is -0.157. The van der Waals surface area contributed by atoms with Crippen molar-refractivity contribution in [3.8, 4) is 0 Å². The molecule has 0 N–H and O–H groups in total. The monoisotopic (exact) mass is 258 g/mol. The minimum atomic E-state index is -0.598. The lowest BCUT2D eigenvalue weighted by Gasteiger charge is -2.20. The molecule has 1 unspecified atom stereocenters. The fourth-order valence-corrected chi connectivity index (χ4v) is 1.23. The molecule has 17 heavy (non-hydrogen) atoms. The van der Waals surface area contributed by atoms with Gasteiger partial charge in [0.2, 0.25) is 0 Å². The number of halogens is 1. The van der Waals surface area contributed by atoms with Crippen molar-refractivity contribution in [3.05, 3.63) is 12.3 Å². The molecule has 0 spiro atoms. The molecule has 1 heterocycles. The first-order valence-corrected chi connectivity index (χ1v) is 5.62. The number of hydrogen-bond acceptors (Lipinski definition) is 4. The largest absolute Gasteiger partial charge is 0.460 e. The van der Waals surface area contributed by atoms with Gasteiger partial charge in [-0.3, -0.25) is 9.59 Å². The van der Waals surface area contributed by atoms with E-state index in [-0.39, 0.29) is 11.8 Å². The Balaban J connectivity index is 2.48. The molecule has 94 valence electrons. The van der Waals surface area contributed by atoms with Gasteiger partial charge in [0.25, 0.3) is 5.91 Å². The number of amides is 1. The summed E-state index contributed by atoms with van der Waals surface area (Å²) in [4.78, 5) is 23.0. The topological polar surface area (TPSA) is 59.0 Å². The molecule has 1 aliphatic rings. The SMILES string of the molecule is CC(C)(C)OC(=O)CC(=O)N1C=CC(Cl)C=N1. The quantitative estimate of drug-likeness (QED) is 0.430. The Morgan fingerprint density at radius 3 is 2.59 bits per heavy atom. The van der Waals surface area contributed by atoms with E-state index in [1.165, 1.54) is 12.4 Å². The second kappa shape index (κ2) is 5.31. The molecule has 1 atom stereocenters. The summed E-state index contributed by atoms with van der Waals surface area (Å²) in [7, 11) is 0. The molecule has 0 radical (unpaired) electrons. The molecule has 0 saturated heterocycles. The smallest absolute Gasteiger partial charge is 0.315 e. The van der Waals surface area contributed by atoms with E-state index < -0.39 is 17.5 Å². The van der Waals surface area contributed by atoms with Crippen LogP contribution in [0.3, 0.4) is 0 Å². The maximum absolute atomic E-state index is 11.6. The molecule has 0 saturated carbocycles. The van der Waals surface area contributed by atoms with Crippen LogP contribution in [0.2, 0.25) is 0 Å². The van der Waals surface area contributed by atoms with Crippen LogP contribution in [-0.2, 0) is 14.3 Å². The Bertz CT molecular complexity index is 357. The van der Waals surface area contributed by atoms with Crippen molar-refractivity contribution in [1.82, 2.24) is 5.01 Å². The molecule has 0 aromatic rings. The van der Waals surface area contributed by atoms with Crippen LogP contribution in [0.5, 0.6) is 0 Å². The number of carbonyl (C=O) groups is 2. The van der Waals surface area contributed by atoms with Crippen LogP contribution < -0.4 is 0 Å². The normalized spacial score (nSPS) is 19.3. The van der Waals surface area contributed by atoms with E-state index >= 15 is 0 Å². The molecule has 0 bridgehead atoms. The van der Waals surface area contributed by atoms with Gasteiger partial charge in [-0.15, -0.1) is 11.6 Å². The maximum Gasteiger partial charge on any atom is 0.315 e. The predicted molar refractivity (Wildman–Crippen MR) is 64.6 cm³/mol. The zero-order valence-corrected chi connectivity index (χ0v) is 10.8. The highest BCUT2D eigenvalue weighted by atomic mass is 35.5. The van der Waals surface area contributed by atoms with E-state index in [0.717, 1.165) is 5.01 Å². The summed E-state index contributed by atoms with van der Waals surface area (Å²) in [5.41, 5.74) is -0.598. The van der Waals surface area contributed by atoms with E-state index in [1.54, 1.807) is 26.8 Å². The van der Waals surface area contributed by atoms with Gasteiger partial charge in [-0.05, 0) is 26.8 Å². The molecular formula is C11H15ClN2O3. The average Bonchev–Trinajstić information content (AvgIpc) is 2.15. The van der Waals surface area contributed by atoms with Crippen LogP contribution in [-0.4, -0.2) is 34.1 Å². The van der Waals surface area contributed by atoms with Crippen molar-refractivity contribution in [2.75, 3.05) is 0 Å². The summed E-state index contributed by atoms with van der Waals surface area (Å²) >= 11 is 5.71. The van der Waals surface area contributed by atoms with Gasteiger partial charge in [-0.2, -0.15) is 5.10 Å². The van der Waals surface area contributed by atoms with Gasteiger partial charge in [0.05, 0.1) is 5.38 Å². The third kappa shape index (κ3) is 4.99. The van der Waals surface area contributed by atoms with Crippen LogP contribution in [0.1, 0.15) is 27.2 Å². The van der Waals surface area contributed by atoms with E-state index in [0.29, 0.717) is 0 Å². The summed E-state index contributed by atoms with van der Waals surface area (Å²) in [6.45, 7) is 5.23. The van der Waals surface area contributed by atoms with Gasteiger partial charge in [0.1, 0.15) is 12.0 Å². The zero-order chi connectivity index (χ0) is 13.1. The summed E-state index contributed by atoms with van der Waals surface area (Å²) in [6.07, 6.45) is 4.10. The second-order valence-electron chi connectivity index (χ2n) is 4.55. The molecule has 6 heteroatoms. The van der Waals surface area contributed by atoms with Gasteiger partial charge in [-0.1, -0.05) is 0 Å². The molecular weight excluding hydrogens is 244 g/mol. The minimum Gasteiger partial charge on any atom is -0.460 e. The third-order valence-electron chi connectivity index (χ3n) is 1.72. The van der Waals surface area contributed by atoms with Gasteiger partial charge >= 0.3 is 5.97 Å². The van der Waals surface area contributed by atoms with Gasteiger partial charge in [0, 0.05) is 12.4 Å². The number of hydrazone groups is 1. The highest BCUT2D eigenvalue weighted by Gasteiger charge is 2.22. The molecule has 1 aliphatic heterocycles. The first-order valence-electron chi connectivity index (χ1n) is 5.18. The van der Waals surface area contributed by atoms with Gasteiger partial charge in [0.15, 0.2) is 0 Å². The van der Waals surface area contributed by atoms with Crippen molar-refractivity contribution in [2.24, 2.45) is 5.10 Å². The van der Waals surface area contributed by atoms with Crippen molar-refractivity contribution in [2.45, 2.75) is 38.2 Å². The summed E-state index contributed by atoms with van der Waals surface area (Å²) in [6, 6.07) is 0. The zero-order valence-electron chi connectivity index (χ0n) is 10.0. The van der Waals surface area contributed by atoms with Crippen molar-refractivity contribution in [1.29, 1.82) is 0 Å². The number of hydrogen-bond donors (Lipinski definition) is 0. The van der Waals surface area contributed by atoms with E-state index in [2.05, 4.69) is 5.10 Å². The number of carbonyl (C=O) groups excluding carboxylic acids is 2. The fourth-order valence-electron chi connectivity index (χ4n) is 1.12. The number of ether oxygens (including phenoxy) is 1. The number of rotatable bonds is 2. The van der Waals surface area contributed by atoms with E-state index in [9.17, 15) is 9.59 Å². The van der Waals surface area contributed by atoms with Crippen LogP contribution in [0, 0.1) is 0 Å². The number of nitrogens with zero attached hydrogens (tertiary/aromatic N) is 2. The Morgan fingerprint density at radius 2 is 2.12 bits per heavy atom. The number of allylic oxidation sites excluding steroid dienone is 1. The maximum atomic E-state index is 11.6. The van der Waals surface area contributed by atoms with Gasteiger partial charge < -0.3 is 4.74 Å². The molecule has 1 amide bonds. The summed E-state index contributed by atoms with van der Waals surface area (Å²) in [5, 5.41) is 4.55. The van der Waals surface area contributed by atoms with Crippen molar-refractivity contribution in [3.63, 3.8) is 0 Å². The van der Waals surface area contributed by atoms with Crippen molar-refractivity contribution >= 4 is 29.7 Å². The molecule has 0 aliphatic carbocycles. The second-order valence-corrected chi connectivity index (χ2v) is 5.06. The minimum absolute atomic E-state index is 0.319. The average molecular weight is 259 g/mol. The predicted octanol–water partition coefficient (Wildman–Crippen LogP) is 1.67. The molecule has 0 aromatic heterocycles. The molecule has 1 rings (SSSR count). The molecule has 5 nitrogen and oxygen atoms in total. The highest BCUT2D eigenvalue weighted by Crippen LogP contribution is 2.11. The van der Waals surface area contributed by atoms with Crippen LogP contribution in [0.25, 0.3) is 0 Å². The summed E-state index contributed by atoms with van der Waals surface area (Å²) < 4.78 is 5.03. The van der Waals surface area contributed by atoms with Crippen LogP contribution in [0.15, 0.2) is 17.4 Å². The standard InChI is InChI=1S/C11H15ClN2O3/c1-11(2,3)17-10(16)6-9(15)14-5-4-8(12)7-13-14/h4-5,7-8H,6H2,1-3H3. The summed E-state index contributed by atoms with van der Waals surface area (Å²) in [5.74, 6) is -1.02. The fraction of sp³-hybridized carbons (Fsp3) is 0.545. The number of esters is 1. The lowest BCUT2D eigenvalue weighted by Crippen LogP contribution is -2.30.